The van der Waals surface area contributed by atoms with Gasteiger partial charge in [-0.05, 0) is 62.2 Å². The van der Waals surface area contributed by atoms with E-state index in [1.165, 1.54) is 0 Å². The number of benzene rings is 2. The number of carboxylic acids is 1. The van der Waals surface area contributed by atoms with Gasteiger partial charge in [0.1, 0.15) is 0 Å². The monoisotopic (exact) mass is 367 g/mol. The maximum atomic E-state index is 11.0. The minimum absolute atomic E-state index is 0.0145. The Morgan fingerprint density at radius 3 is 2.33 bits per heavy atom. The van der Waals surface area contributed by atoms with Gasteiger partial charge in [-0.25, -0.2) is 4.79 Å². The van der Waals surface area contributed by atoms with Gasteiger partial charge in [-0.1, -0.05) is 23.2 Å². The lowest BCUT2D eigenvalue weighted by Gasteiger charge is -2.15. The van der Waals surface area contributed by atoms with E-state index in [1.807, 2.05) is 20.8 Å². The number of halogens is 2. The molecule has 0 aliphatic rings. The third-order valence-electron chi connectivity index (χ3n) is 3.37. The SMILES string of the molecule is Cc1cc(C(=O)O)ccc1NCc1cc(Cl)c(OC(C)C)c(Cl)c1. The standard InChI is InChI=1S/C18H19Cl2NO3/c1-10(2)24-17-14(19)7-12(8-15(17)20)9-21-16-5-4-13(18(22)23)6-11(16)3/h4-8,10,21H,9H2,1-3H3,(H,22,23). The summed E-state index contributed by atoms with van der Waals surface area (Å²) in [5.41, 5.74) is 2.88. The largest absolute Gasteiger partial charge is 0.488 e. The highest BCUT2D eigenvalue weighted by Crippen LogP contribution is 2.35. The Balaban J connectivity index is 2.14. The second-order valence-electron chi connectivity index (χ2n) is 5.74. The zero-order valence-electron chi connectivity index (χ0n) is 13.7. The van der Waals surface area contributed by atoms with Crippen molar-refractivity contribution in [3.8, 4) is 5.75 Å². The van der Waals surface area contributed by atoms with Crippen LogP contribution in [0, 0.1) is 6.92 Å². The van der Waals surface area contributed by atoms with Crippen LogP contribution in [0.1, 0.15) is 35.3 Å². The van der Waals surface area contributed by atoms with Gasteiger partial charge in [0.05, 0.1) is 21.7 Å². The van der Waals surface area contributed by atoms with Crippen molar-refractivity contribution in [1.82, 2.24) is 0 Å². The molecule has 0 saturated heterocycles. The Labute approximate surface area is 151 Å². The van der Waals surface area contributed by atoms with Crippen molar-refractivity contribution in [1.29, 1.82) is 0 Å². The summed E-state index contributed by atoms with van der Waals surface area (Å²) in [6.45, 7) is 6.18. The van der Waals surface area contributed by atoms with Crippen molar-refractivity contribution in [2.75, 3.05) is 5.32 Å². The number of hydrogen-bond donors (Lipinski definition) is 2. The van der Waals surface area contributed by atoms with Crippen LogP contribution >= 0.6 is 23.2 Å². The van der Waals surface area contributed by atoms with Gasteiger partial charge in [-0.3, -0.25) is 0 Å². The number of carbonyl (C=O) groups is 1. The van der Waals surface area contributed by atoms with Gasteiger partial charge in [0.15, 0.2) is 5.75 Å². The summed E-state index contributed by atoms with van der Waals surface area (Å²) in [4.78, 5) is 11.0. The molecule has 6 heteroatoms. The van der Waals surface area contributed by atoms with Crippen molar-refractivity contribution in [3.63, 3.8) is 0 Å². The zero-order valence-corrected chi connectivity index (χ0v) is 15.2. The molecule has 2 aromatic rings. The van der Waals surface area contributed by atoms with E-state index >= 15 is 0 Å². The van der Waals surface area contributed by atoms with Gasteiger partial charge in [-0.15, -0.1) is 0 Å². The van der Waals surface area contributed by atoms with Gasteiger partial charge in [0, 0.05) is 12.2 Å². The number of nitrogens with one attached hydrogen (secondary N) is 1. The van der Waals surface area contributed by atoms with Crippen LogP contribution in [0.25, 0.3) is 0 Å². The minimum Gasteiger partial charge on any atom is -0.488 e. The molecule has 4 nitrogen and oxygen atoms in total. The minimum atomic E-state index is -0.941. The lowest BCUT2D eigenvalue weighted by molar-refractivity contribution is 0.0697. The van der Waals surface area contributed by atoms with E-state index in [9.17, 15) is 4.79 Å². The number of hydrogen-bond acceptors (Lipinski definition) is 3. The second kappa shape index (κ2) is 7.77. The molecule has 2 N–H and O–H groups in total. The molecule has 0 spiro atoms. The average Bonchev–Trinajstić information content (AvgIpc) is 2.49. The van der Waals surface area contributed by atoms with Crippen molar-refractivity contribution in [3.05, 3.63) is 57.1 Å². The van der Waals surface area contributed by atoms with Gasteiger partial charge in [0.25, 0.3) is 0 Å². The lowest BCUT2D eigenvalue weighted by Crippen LogP contribution is -2.07. The molecular formula is C18H19Cl2NO3. The van der Waals surface area contributed by atoms with E-state index < -0.39 is 5.97 Å². The van der Waals surface area contributed by atoms with Crippen molar-refractivity contribution < 1.29 is 14.6 Å². The molecule has 2 rings (SSSR count). The van der Waals surface area contributed by atoms with Crippen LogP contribution < -0.4 is 10.1 Å². The molecule has 0 fully saturated rings. The molecule has 2 aromatic carbocycles. The fourth-order valence-corrected chi connectivity index (χ4v) is 2.88. The average molecular weight is 368 g/mol. The first-order chi connectivity index (χ1) is 11.3. The predicted octanol–water partition coefficient (Wildman–Crippen LogP) is 5.40. The molecule has 0 atom stereocenters. The maximum absolute atomic E-state index is 11.0. The number of rotatable bonds is 6. The first kappa shape index (κ1) is 18.4. The fraction of sp³-hybridized carbons (Fsp3) is 0.278. The highest BCUT2D eigenvalue weighted by atomic mass is 35.5. The number of aromatic carboxylic acids is 1. The van der Waals surface area contributed by atoms with Gasteiger partial charge in [-0.2, -0.15) is 0 Å². The van der Waals surface area contributed by atoms with Crippen LogP contribution in [0.4, 0.5) is 5.69 Å². The topological polar surface area (TPSA) is 58.6 Å². The Bertz CT molecular complexity index is 737. The van der Waals surface area contributed by atoms with Gasteiger partial charge in [0.2, 0.25) is 0 Å². The maximum Gasteiger partial charge on any atom is 0.335 e. The Hall–Kier alpha value is -1.91. The first-order valence-corrected chi connectivity index (χ1v) is 8.26. The van der Waals surface area contributed by atoms with Crippen LogP contribution in [0.15, 0.2) is 30.3 Å². The van der Waals surface area contributed by atoms with Crippen LogP contribution in [0.3, 0.4) is 0 Å². The van der Waals surface area contributed by atoms with Crippen LogP contribution in [-0.4, -0.2) is 17.2 Å². The molecule has 0 aliphatic heterocycles. The molecule has 0 bridgehead atoms. The zero-order chi connectivity index (χ0) is 17.9. The summed E-state index contributed by atoms with van der Waals surface area (Å²) in [5, 5.41) is 13.2. The van der Waals surface area contributed by atoms with E-state index in [4.69, 9.17) is 33.0 Å². The smallest absolute Gasteiger partial charge is 0.335 e. The third-order valence-corrected chi connectivity index (χ3v) is 3.93. The Morgan fingerprint density at radius 2 is 1.83 bits per heavy atom. The van der Waals surface area contributed by atoms with Crippen LogP contribution in [-0.2, 0) is 6.54 Å². The summed E-state index contributed by atoms with van der Waals surface area (Å²) in [5.74, 6) is -0.456. The summed E-state index contributed by atoms with van der Waals surface area (Å²) < 4.78 is 5.61. The molecule has 128 valence electrons. The summed E-state index contributed by atoms with van der Waals surface area (Å²) >= 11 is 12.5. The Kier molecular flexibility index (Phi) is 5.97. The highest BCUT2D eigenvalue weighted by Gasteiger charge is 2.12. The van der Waals surface area contributed by atoms with Crippen LogP contribution in [0.5, 0.6) is 5.75 Å². The number of anilines is 1. The number of ether oxygens (including phenoxy) is 1. The van der Waals surface area contributed by atoms with Crippen molar-refractivity contribution in [2.24, 2.45) is 0 Å². The van der Waals surface area contributed by atoms with Crippen molar-refractivity contribution >= 4 is 34.9 Å². The molecule has 0 aliphatic carbocycles. The predicted molar refractivity (Wildman–Crippen MR) is 97.7 cm³/mol. The van der Waals surface area contributed by atoms with Gasteiger partial charge >= 0.3 is 5.97 Å². The van der Waals surface area contributed by atoms with Crippen molar-refractivity contribution in [2.45, 2.75) is 33.4 Å². The van der Waals surface area contributed by atoms with E-state index in [1.54, 1.807) is 30.3 Å². The fourth-order valence-electron chi connectivity index (χ4n) is 2.26. The van der Waals surface area contributed by atoms with E-state index in [2.05, 4.69) is 5.32 Å². The molecule has 0 unspecified atom stereocenters. The number of aryl methyl sites for hydroxylation is 1. The van der Waals surface area contributed by atoms with E-state index in [-0.39, 0.29) is 11.7 Å². The molecule has 24 heavy (non-hydrogen) atoms. The van der Waals surface area contributed by atoms with Gasteiger partial charge < -0.3 is 15.2 Å². The lowest BCUT2D eigenvalue weighted by atomic mass is 10.1. The van der Waals surface area contributed by atoms with Crippen LogP contribution in [0.2, 0.25) is 10.0 Å². The summed E-state index contributed by atoms with van der Waals surface area (Å²) in [7, 11) is 0. The molecule has 0 amide bonds. The number of carboxylic acid groups (broad SMARTS) is 1. The molecular weight excluding hydrogens is 349 g/mol. The normalized spacial score (nSPS) is 10.8. The first-order valence-electron chi connectivity index (χ1n) is 7.50. The third kappa shape index (κ3) is 4.56. The summed E-state index contributed by atoms with van der Waals surface area (Å²) in [6, 6.07) is 8.55. The summed E-state index contributed by atoms with van der Waals surface area (Å²) in [6.07, 6.45) is -0.0145. The molecule has 0 saturated carbocycles. The highest BCUT2D eigenvalue weighted by molar-refractivity contribution is 6.37. The molecule has 0 radical (unpaired) electrons. The second-order valence-corrected chi connectivity index (χ2v) is 6.56. The molecule has 0 heterocycles. The quantitative estimate of drug-likeness (QED) is 0.717. The van der Waals surface area contributed by atoms with E-state index in [0.717, 1.165) is 16.8 Å². The Morgan fingerprint density at radius 1 is 1.21 bits per heavy atom. The van der Waals surface area contributed by atoms with E-state index in [0.29, 0.717) is 22.3 Å². The molecule has 0 aromatic heterocycles.